The van der Waals surface area contributed by atoms with E-state index in [2.05, 4.69) is 36.9 Å². The average Bonchev–Trinajstić information content (AvgIpc) is 2.48. The normalized spacial score (nSPS) is 25.6. The van der Waals surface area contributed by atoms with Crippen LogP contribution in [0.1, 0.15) is 20.8 Å². The van der Waals surface area contributed by atoms with Crippen molar-refractivity contribution in [3.05, 3.63) is 11.6 Å². The van der Waals surface area contributed by atoms with Crippen LogP contribution in [0.5, 0.6) is 0 Å². The van der Waals surface area contributed by atoms with E-state index in [1.807, 2.05) is 23.3 Å². The fraction of sp³-hybridized carbons (Fsp3) is 0.500. The van der Waals surface area contributed by atoms with Gasteiger partial charge in [-0.2, -0.15) is 0 Å². The predicted molar refractivity (Wildman–Crippen MR) is 54.6 cm³/mol. The first kappa shape index (κ1) is 8.35. The van der Waals surface area contributed by atoms with Gasteiger partial charge in [0.1, 0.15) is 0 Å². The van der Waals surface area contributed by atoms with Gasteiger partial charge in [-0.1, -0.05) is 25.5 Å². The topological polar surface area (TPSA) is 27.7 Å². The summed E-state index contributed by atoms with van der Waals surface area (Å²) in [5.74, 6) is 0. The molecule has 3 nitrogen and oxygen atoms in total. The van der Waals surface area contributed by atoms with Crippen molar-refractivity contribution in [3.8, 4) is 0 Å². The molecule has 0 fully saturated rings. The van der Waals surface area contributed by atoms with Crippen molar-refractivity contribution in [1.82, 2.24) is 0 Å². The summed E-state index contributed by atoms with van der Waals surface area (Å²) in [6.07, 6.45) is 7.72. The number of fused-ring (bicyclic) bond motifs is 1. The number of nitrogens with zero attached hydrogens (tertiary/aromatic N) is 3. The molecule has 0 radical (unpaired) electrons. The maximum absolute atomic E-state index is 4.37. The van der Waals surface area contributed by atoms with E-state index >= 15 is 0 Å². The fourth-order valence-electron chi connectivity index (χ4n) is 1.58. The molecule has 0 aromatic rings. The highest BCUT2D eigenvalue weighted by atomic mass is 15.4. The lowest BCUT2D eigenvalue weighted by molar-refractivity contribution is -0.553. The van der Waals surface area contributed by atoms with Gasteiger partial charge in [-0.25, -0.2) is 4.99 Å². The van der Waals surface area contributed by atoms with Crippen molar-refractivity contribution < 1.29 is 4.68 Å². The summed E-state index contributed by atoms with van der Waals surface area (Å²) in [6, 6.07) is 0. The Morgan fingerprint density at radius 1 is 1.31 bits per heavy atom. The van der Waals surface area contributed by atoms with Crippen molar-refractivity contribution in [2.24, 2.45) is 15.5 Å². The second-order valence-electron chi connectivity index (χ2n) is 4.34. The van der Waals surface area contributed by atoms with Gasteiger partial charge in [0, 0.05) is 5.57 Å². The third-order valence-corrected chi connectivity index (χ3v) is 2.30. The molecule has 2 heterocycles. The second kappa shape index (κ2) is 2.62. The molecule has 0 saturated heterocycles. The third kappa shape index (κ3) is 1.34. The summed E-state index contributed by atoms with van der Waals surface area (Å²) in [6.45, 7) is 6.60. The molecule has 68 valence electrons. The van der Waals surface area contributed by atoms with Crippen LogP contribution < -0.4 is 0 Å². The molecule has 1 unspecified atom stereocenters. The molecule has 0 amide bonds. The Morgan fingerprint density at radius 2 is 2.08 bits per heavy atom. The summed E-state index contributed by atoms with van der Waals surface area (Å²) < 4.78 is 1.89. The van der Waals surface area contributed by atoms with E-state index in [0.29, 0.717) is 0 Å². The van der Waals surface area contributed by atoms with Gasteiger partial charge in [0.25, 0.3) is 6.17 Å². The first-order chi connectivity index (χ1) is 6.09. The predicted octanol–water partition coefficient (Wildman–Crippen LogP) is 1.45. The van der Waals surface area contributed by atoms with Crippen LogP contribution in [0.3, 0.4) is 0 Å². The van der Waals surface area contributed by atoms with E-state index in [0.717, 1.165) is 0 Å². The lowest BCUT2D eigenvalue weighted by Gasteiger charge is -2.24. The van der Waals surface area contributed by atoms with Crippen molar-refractivity contribution in [1.29, 1.82) is 0 Å². The van der Waals surface area contributed by atoms with Gasteiger partial charge in [-0.3, -0.25) is 0 Å². The summed E-state index contributed by atoms with van der Waals surface area (Å²) in [5, 5.41) is 4.21. The summed E-state index contributed by atoms with van der Waals surface area (Å²) in [4.78, 5) is 4.37. The van der Waals surface area contributed by atoms with E-state index in [1.165, 1.54) is 5.57 Å². The zero-order chi connectivity index (χ0) is 9.47. The van der Waals surface area contributed by atoms with Gasteiger partial charge >= 0.3 is 0 Å². The van der Waals surface area contributed by atoms with Crippen LogP contribution in [0.25, 0.3) is 0 Å². The molecule has 0 aromatic carbocycles. The van der Waals surface area contributed by atoms with Crippen molar-refractivity contribution >= 4 is 18.6 Å². The van der Waals surface area contributed by atoms with Crippen LogP contribution in [0, 0.1) is 5.41 Å². The molecule has 0 aromatic heterocycles. The minimum absolute atomic E-state index is 0.102. The van der Waals surface area contributed by atoms with Crippen molar-refractivity contribution in [2.45, 2.75) is 26.9 Å². The number of allylic oxidation sites excluding steroid dienone is 1. The highest BCUT2D eigenvalue weighted by Gasteiger charge is 2.36. The molecular weight excluding hydrogens is 162 g/mol. The number of rotatable bonds is 0. The maximum atomic E-state index is 4.37. The molecule has 0 aliphatic carbocycles. The van der Waals surface area contributed by atoms with Gasteiger partial charge in [-0.15, -0.1) is 0 Å². The molecule has 0 spiro atoms. The number of hydrogen-bond donors (Lipinski definition) is 0. The Labute approximate surface area is 78.2 Å². The molecule has 2 rings (SSSR count). The zero-order valence-electron chi connectivity index (χ0n) is 8.23. The molecule has 2 aliphatic rings. The highest BCUT2D eigenvalue weighted by molar-refractivity contribution is 6.14. The number of hydrazone groups is 1. The van der Waals surface area contributed by atoms with E-state index in [1.54, 1.807) is 0 Å². The van der Waals surface area contributed by atoms with Gasteiger partial charge in [0.2, 0.25) is 6.21 Å². The Kier molecular flexibility index (Phi) is 1.68. The Bertz CT molecular complexity index is 340. The number of hydrogen-bond acceptors (Lipinski definition) is 2. The van der Waals surface area contributed by atoms with Crippen LogP contribution >= 0.6 is 0 Å². The van der Waals surface area contributed by atoms with E-state index < -0.39 is 0 Å². The quantitative estimate of drug-likeness (QED) is 0.500. The highest BCUT2D eigenvalue weighted by Crippen LogP contribution is 2.31. The van der Waals surface area contributed by atoms with Crippen molar-refractivity contribution in [2.75, 3.05) is 0 Å². The molecule has 2 aliphatic heterocycles. The lowest BCUT2D eigenvalue weighted by atomic mass is 9.84. The Balaban J connectivity index is 2.39. The van der Waals surface area contributed by atoms with Crippen LogP contribution in [0.2, 0.25) is 0 Å². The second-order valence-corrected chi connectivity index (χ2v) is 4.34. The first-order valence-electron chi connectivity index (χ1n) is 4.49. The van der Waals surface area contributed by atoms with E-state index in [-0.39, 0.29) is 11.6 Å². The molecule has 0 saturated carbocycles. The minimum atomic E-state index is 0.102. The first-order valence-corrected chi connectivity index (χ1v) is 4.49. The number of aliphatic imine (C=N–C) groups is 1. The third-order valence-electron chi connectivity index (χ3n) is 2.30. The standard InChI is InChI=1S/C10H14N3/c1-10(2,3)8-4-5-12-13-7-6-11-9(8)13/h4-7,9H,1-3H3/q+1. The molecular formula is C10H14N3+. The Hall–Kier alpha value is -1.25. The van der Waals surface area contributed by atoms with Crippen molar-refractivity contribution in [3.63, 3.8) is 0 Å². The zero-order valence-corrected chi connectivity index (χ0v) is 8.23. The lowest BCUT2D eigenvalue weighted by Crippen LogP contribution is -2.29. The molecule has 3 heteroatoms. The minimum Gasteiger partial charge on any atom is -0.213 e. The van der Waals surface area contributed by atoms with E-state index in [4.69, 9.17) is 0 Å². The van der Waals surface area contributed by atoms with Crippen LogP contribution in [0.15, 0.2) is 21.7 Å². The molecule has 1 atom stereocenters. The van der Waals surface area contributed by atoms with E-state index in [9.17, 15) is 0 Å². The van der Waals surface area contributed by atoms with Gasteiger partial charge < -0.3 is 0 Å². The molecule has 13 heavy (non-hydrogen) atoms. The van der Waals surface area contributed by atoms with Crippen LogP contribution in [-0.4, -0.2) is 29.5 Å². The largest absolute Gasteiger partial charge is 0.299 e. The van der Waals surface area contributed by atoms with Gasteiger partial charge in [0.15, 0.2) is 0 Å². The summed E-state index contributed by atoms with van der Waals surface area (Å²) in [5.41, 5.74) is 1.47. The Morgan fingerprint density at radius 3 is 2.77 bits per heavy atom. The molecule has 0 N–H and O–H groups in total. The molecule has 0 bridgehead atoms. The summed E-state index contributed by atoms with van der Waals surface area (Å²) >= 11 is 0. The monoisotopic (exact) mass is 176 g/mol. The fourth-order valence-corrected chi connectivity index (χ4v) is 1.58. The smallest absolute Gasteiger partial charge is 0.213 e. The van der Waals surface area contributed by atoms with Gasteiger partial charge in [0.05, 0.1) is 12.4 Å². The maximum Gasteiger partial charge on any atom is 0.299 e. The average molecular weight is 176 g/mol. The van der Waals surface area contributed by atoms with Crippen LogP contribution in [0.4, 0.5) is 0 Å². The SMILES string of the molecule is CC(C)(C)C1=CC=N[N+]2=CC=NC12. The van der Waals surface area contributed by atoms with Crippen LogP contribution in [-0.2, 0) is 0 Å². The van der Waals surface area contributed by atoms with Gasteiger partial charge in [-0.05, 0) is 16.6 Å². The summed E-state index contributed by atoms with van der Waals surface area (Å²) in [7, 11) is 0.